The Morgan fingerprint density at radius 1 is 1.32 bits per heavy atom. The predicted molar refractivity (Wildman–Crippen MR) is 87.8 cm³/mol. The summed E-state index contributed by atoms with van der Waals surface area (Å²) < 4.78 is 0. The highest BCUT2D eigenvalue weighted by molar-refractivity contribution is 5.40. The zero-order valence-electron chi connectivity index (χ0n) is 13.3. The van der Waals surface area contributed by atoms with Gasteiger partial charge in [0.15, 0.2) is 0 Å². The van der Waals surface area contributed by atoms with E-state index in [1.165, 1.54) is 17.5 Å². The van der Waals surface area contributed by atoms with E-state index in [-0.39, 0.29) is 11.5 Å². The average Bonchev–Trinajstić information content (AvgIpc) is 2.78. The predicted octanol–water partition coefficient (Wildman–Crippen LogP) is 4.02. The lowest BCUT2D eigenvalue weighted by Gasteiger charge is -2.51. The number of hydrogen-bond donors (Lipinski definition) is 2. The molecule has 3 aliphatic rings. The van der Waals surface area contributed by atoms with Crippen LogP contribution < -0.4 is 0 Å². The number of hydrogen-bond acceptors (Lipinski definition) is 2. The minimum absolute atomic E-state index is 0.0639. The Bertz CT molecular complexity index is 608. The summed E-state index contributed by atoms with van der Waals surface area (Å²) in [5.41, 5.74) is 2.84. The number of aliphatic hydroxyl groups excluding tert-OH is 1. The maximum absolute atomic E-state index is 10.6. The molecule has 4 rings (SSSR count). The fourth-order valence-electron chi connectivity index (χ4n) is 5.96. The third-order valence-corrected chi connectivity index (χ3v) is 7.03. The van der Waals surface area contributed by atoms with Gasteiger partial charge >= 0.3 is 0 Å². The van der Waals surface area contributed by atoms with Crippen molar-refractivity contribution in [3.05, 3.63) is 42.0 Å². The van der Waals surface area contributed by atoms with Gasteiger partial charge in [-0.3, -0.25) is 0 Å². The second kappa shape index (κ2) is 4.86. The van der Waals surface area contributed by atoms with Crippen LogP contribution in [-0.4, -0.2) is 16.3 Å². The molecule has 1 aromatic rings. The topological polar surface area (TPSA) is 40.5 Å². The van der Waals surface area contributed by atoms with E-state index in [2.05, 4.69) is 25.6 Å². The monoisotopic (exact) mass is 298 g/mol. The van der Waals surface area contributed by atoms with Crippen molar-refractivity contribution in [1.29, 1.82) is 0 Å². The molecular weight excluding hydrogens is 272 g/mol. The molecule has 0 aromatic heterocycles. The van der Waals surface area contributed by atoms with Crippen LogP contribution in [0.5, 0.6) is 5.75 Å². The quantitative estimate of drug-likeness (QED) is 0.769. The summed E-state index contributed by atoms with van der Waals surface area (Å²) >= 11 is 0. The standard InChI is InChI=1S/C20H26O2/c1-3-12-11-18(22)20(2)9-8-16-15-7-5-14(21)10-13(15)4-6-17(16)19(12)20/h3,5,7,10,12,16-19,21-22H,1,4,6,8-9,11H2,2H3/t12?,16-,17-,18?,19+,20-/m1/s1. The lowest BCUT2D eigenvalue weighted by Crippen LogP contribution is -2.45. The van der Waals surface area contributed by atoms with Crippen molar-refractivity contribution in [3.63, 3.8) is 0 Å². The van der Waals surface area contributed by atoms with E-state index in [1.807, 2.05) is 12.1 Å². The van der Waals surface area contributed by atoms with Gasteiger partial charge in [0.2, 0.25) is 0 Å². The molecule has 0 bridgehead atoms. The van der Waals surface area contributed by atoms with Crippen LogP contribution in [0, 0.1) is 23.2 Å². The van der Waals surface area contributed by atoms with E-state index in [0.717, 1.165) is 25.7 Å². The second-order valence-electron chi connectivity index (χ2n) is 7.91. The highest BCUT2D eigenvalue weighted by Gasteiger charge is 2.57. The highest BCUT2D eigenvalue weighted by atomic mass is 16.3. The molecule has 2 heteroatoms. The summed E-state index contributed by atoms with van der Waals surface area (Å²) in [7, 11) is 0. The van der Waals surface area contributed by atoms with E-state index in [0.29, 0.717) is 29.4 Å². The molecule has 0 heterocycles. The molecule has 0 amide bonds. The Balaban J connectivity index is 1.74. The molecule has 6 atom stereocenters. The van der Waals surface area contributed by atoms with Crippen LogP contribution in [0.1, 0.15) is 49.7 Å². The van der Waals surface area contributed by atoms with Gasteiger partial charge in [-0.25, -0.2) is 0 Å². The van der Waals surface area contributed by atoms with E-state index in [9.17, 15) is 10.2 Å². The van der Waals surface area contributed by atoms with Crippen molar-refractivity contribution in [3.8, 4) is 5.75 Å². The number of rotatable bonds is 1. The molecule has 0 spiro atoms. The second-order valence-corrected chi connectivity index (χ2v) is 7.91. The van der Waals surface area contributed by atoms with E-state index in [4.69, 9.17) is 0 Å². The van der Waals surface area contributed by atoms with Crippen LogP contribution >= 0.6 is 0 Å². The zero-order valence-corrected chi connectivity index (χ0v) is 13.3. The highest BCUT2D eigenvalue weighted by Crippen LogP contribution is 2.62. The van der Waals surface area contributed by atoms with Crippen LogP contribution in [0.2, 0.25) is 0 Å². The van der Waals surface area contributed by atoms with Crippen LogP contribution in [-0.2, 0) is 6.42 Å². The van der Waals surface area contributed by atoms with Gasteiger partial charge < -0.3 is 10.2 Å². The molecule has 118 valence electrons. The SMILES string of the molecule is C=CC1CC(O)[C@@]2(C)CC[C@@H]3c4ccc(O)cc4CC[C@H]3[C@H]12. The van der Waals surface area contributed by atoms with Crippen molar-refractivity contribution in [2.24, 2.45) is 23.2 Å². The average molecular weight is 298 g/mol. The minimum Gasteiger partial charge on any atom is -0.508 e. The van der Waals surface area contributed by atoms with Crippen LogP contribution in [0.3, 0.4) is 0 Å². The van der Waals surface area contributed by atoms with E-state index < -0.39 is 0 Å². The Labute approximate surface area is 132 Å². The Morgan fingerprint density at radius 2 is 2.14 bits per heavy atom. The number of phenolic OH excluding ortho intramolecular Hbond substituents is 1. The van der Waals surface area contributed by atoms with E-state index in [1.54, 1.807) is 0 Å². The molecule has 3 aliphatic carbocycles. The fraction of sp³-hybridized carbons (Fsp3) is 0.600. The van der Waals surface area contributed by atoms with Crippen molar-refractivity contribution in [2.45, 2.75) is 51.0 Å². The van der Waals surface area contributed by atoms with Gasteiger partial charge in [-0.15, -0.1) is 6.58 Å². The van der Waals surface area contributed by atoms with E-state index >= 15 is 0 Å². The summed E-state index contributed by atoms with van der Waals surface area (Å²) in [4.78, 5) is 0. The molecule has 2 unspecified atom stereocenters. The molecule has 0 radical (unpaired) electrons. The minimum atomic E-state index is -0.178. The van der Waals surface area contributed by atoms with Gasteiger partial charge in [0, 0.05) is 0 Å². The molecule has 1 aromatic carbocycles. The number of benzene rings is 1. The van der Waals surface area contributed by atoms with Crippen molar-refractivity contribution in [2.75, 3.05) is 0 Å². The fourth-order valence-corrected chi connectivity index (χ4v) is 5.96. The number of aliphatic hydroxyl groups is 1. The summed E-state index contributed by atoms with van der Waals surface area (Å²) in [5, 5.41) is 20.4. The number of allylic oxidation sites excluding steroid dienone is 1. The molecule has 2 N–H and O–H groups in total. The summed E-state index contributed by atoms with van der Waals surface area (Å²) in [6, 6.07) is 5.93. The first-order chi connectivity index (χ1) is 10.5. The molecule has 0 saturated heterocycles. The third kappa shape index (κ3) is 1.83. The molecule has 2 saturated carbocycles. The van der Waals surface area contributed by atoms with Gasteiger partial charge in [-0.05, 0) is 84.5 Å². The van der Waals surface area contributed by atoms with Crippen LogP contribution in [0.15, 0.2) is 30.9 Å². The first kappa shape index (κ1) is 14.3. The first-order valence-electron chi connectivity index (χ1n) is 8.67. The number of aromatic hydroxyl groups is 1. The first-order valence-corrected chi connectivity index (χ1v) is 8.67. The lowest BCUT2D eigenvalue weighted by molar-refractivity contribution is -0.0269. The summed E-state index contributed by atoms with van der Waals surface area (Å²) in [6.45, 7) is 6.35. The molecule has 22 heavy (non-hydrogen) atoms. The van der Waals surface area contributed by atoms with Gasteiger partial charge in [0.25, 0.3) is 0 Å². The summed E-state index contributed by atoms with van der Waals surface area (Å²) in [6.07, 6.45) is 7.30. The zero-order chi connectivity index (χ0) is 15.5. The Morgan fingerprint density at radius 3 is 2.91 bits per heavy atom. The number of aryl methyl sites for hydroxylation is 1. The normalized spacial score (nSPS) is 43.1. The molecule has 0 aliphatic heterocycles. The maximum Gasteiger partial charge on any atom is 0.115 e. The van der Waals surface area contributed by atoms with Crippen molar-refractivity contribution >= 4 is 0 Å². The van der Waals surface area contributed by atoms with Gasteiger partial charge in [-0.2, -0.15) is 0 Å². The molecular formula is C20H26O2. The lowest BCUT2D eigenvalue weighted by atomic mass is 9.54. The van der Waals surface area contributed by atoms with Crippen molar-refractivity contribution in [1.82, 2.24) is 0 Å². The van der Waals surface area contributed by atoms with Crippen LogP contribution in [0.4, 0.5) is 0 Å². The van der Waals surface area contributed by atoms with Crippen molar-refractivity contribution < 1.29 is 10.2 Å². The van der Waals surface area contributed by atoms with Crippen LogP contribution in [0.25, 0.3) is 0 Å². The summed E-state index contributed by atoms with van der Waals surface area (Å²) in [5.74, 6) is 2.64. The van der Waals surface area contributed by atoms with Gasteiger partial charge in [0.1, 0.15) is 5.75 Å². The molecule has 2 nitrogen and oxygen atoms in total. The third-order valence-electron chi connectivity index (χ3n) is 7.03. The molecule has 2 fully saturated rings. The number of phenols is 1. The maximum atomic E-state index is 10.6. The van der Waals surface area contributed by atoms with Gasteiger partial charge in [-0.1, -0.05) is 19.1 Å². The Hall–Kier alpha value is -1.28. The number of fused-ring (bicyclic) bond motifs is 5. The van der Waals surface area contributed by atoms with Gasteiger partial charge in [0.05, 0.1) is 6.10 Å². The Kier molecular flexibility index (Phi) is 3.16. The largest absolute Gasteiger partial charge is 0.508 e. The smallest absolute Gasteiger partial charge is 0.115 e.